The molecule has 2 nitrogen and oxygen atoms in total. The number of rotatable bonds is 3. The summed E-state index contributed by atoms with van der Waals surface area (Å²) in [6.07, 6.45) is 6.26. The summed E-state index contributed by atoms with van der Waals surface area (Å²) in [6, 6.07) is 10.3. The maximum Gasteiger partial charge on any atom is 0.125 e. The highest BCUT2D eigenvalue weighted by Gasteiger charge is 2.26. The van der Waals surface area contributed by atoms with E-state index in [0.29, 0.717) is 11.1 Å². The summed E-state index contributed by atoms with van der Waals surface area (Å²) in [4.78, 5) is 2.19. The Morgan fingerprint density at radius 2 is 1.94 bits per heavy atom. The van der Waals surface area contributed by atoms with Crippen molar-refractivity contribution in [3.05, 3.63) is 34.9 Å². The van der Waals surface area contributed by atoms with Gasteiger partial charge in [-0.2, -0.15) is 5.26 Å². The third-order valence-corrected chi connectivity index (χ3v) is 4.22. The standard InChI is InChI=1S/C15H19ClN2/c1-18(12-7-3-2-4-8-12)15(11-17)13-9-5-6-10-14(13)16/h5-6,9-10,12,15H,2-4,7-8H2,1H3. The zero-order valence-electron chi connectivity index (χ0n) is 10.8. The molecule has 1 aliphatic carbocycles. The van der Waals surface area contributed by atoms with E-state index in [4.69, 9.17) is 11.6 Å². The summed E-state index contributed by atoms with van der Waals surface area (Å²) >= 11 is 6.20. The highest BCUT2D eigenvalue weighted by Crippen LogP contribution is 2.31. The molecule has 18 heavy (non-hydrogen) atoms. The highest BCUT2D eigenvalue weighted by atomic mass is 35.5. The Morgan fingerprint density at radius 3 is 2.56 bits per heavy atom. The second-order valence-corrected chi connectivity index (χ2v) is 5.42. The number of halogens is 1. The van der Waals surface area contributed by atoms with Crippen molar-refractivity contribution < 1.29 is 0 Å². The second-order valence-electron chi connectivity index (χ2n) is 5.01. The van der Waals surface area contributed by atoms with Crippen molar-refractivity contribution in [2.24, 2.45) is 0 Å². The molecule has 1 saturated carbocycles. The fourth-order valence-corrected chi connectivity index (χ4v) is 3.02. The van der Waals surface area contributed by atoms with E-state index in [2.05, 4.69) is 11.0 Å². The number of hydrogen-bond donors (Lipinski definition) is 0. The molecule has 0 spiro atoms. The molecule has 0 radical (unpaired) electrons. The first-order valence-electron chi connectivity index (χ1n) is 6.60. The second kappa shape index (κ2) is 6.22. The molecule has 0 aromatic heterocycles. The number of benzene rings is 1. The van der Waals surface area contributed by atoms with Gasteiger partial charge in [-0.25, -0.2) is 0 Å². The van der Waals surface area contributed by atoms with Gasteiger partial charge in [0.25, 0.3) is 0 Å². The fraction of sp³-hybridized carbons (Fsp3) is 0.533. The van der Waals surface area contributed by atoms with Gasteiger partial charge in [-0.05, 0) is 26.0 Å². The Morgan fingerprint density at radius 1 is 1.28 bits per heavy atom. The molecule has 0 heterocycles. The van der Waals surface area contributed by atoms with E-state index < -0.39 is 0 Å². The van der Waals surface area contributed by atoms with Gasteiger partial charge in [0.15, 0.2) is 0 Å². The molecule has 0 N–H and O–H groups in total. The van der Waals surface area contributed by atoms with Gasteiger partial charge in [0, 0.05) is 16.6 Å². The first-order chi connectivity index (χ1) is 8.74. The Hall–Kier alpha value is -1.04. The minimum absolute atomic E-state index is 0.234. The molecule has 1 aromatic carbocycles. The molecular weight excluding hydrogens is 244 g/mol. The van der Waals surface area contributed by atoms with Crippen molar-refractivity contribution >= 4 is 11.6 Å². The van der Waals surface area contributed by atoms with Crippen LogP contribution >= 0.6 is 11.6 Å². The van der Waals surface area contributed by atoms with Crippen LogP contribution in [0.5, 0.6) is 0 Å². The molecule has 1 aromatic rings. The van der Waals surface area contributed by atoms with E-state index in [0.717, 1.165) is 5.56 Å². The molecule has 0 amide bonds. The van der Waals surface area contributed by atoms with Crippen molar-refractivity contribution in [1.82, 2.24) is 4.90 Å². The summed E-state index contributed by atoms with van der Waals surface area (Å²) in [5.41, 5.74) is 0.926. The van der Waals surface area contributed by atoms with E-state index >= 15 is 0 Å². The predicted molar refractivity (Wildman–Crippen MR) is 74.4 cm³/mol. The minimum Gasteiger partial charge on any atom is -0.284 e. The van der Waals surface area contributed by atoms with Crippen LogP contribution in [-0.2, 0) is 0 Å². The van der Waals surface area contributed by atoms with E-state index in [1.165, 1.54) is 32.1 Å². The van der Waals surface area contributed by atoms with Crippen LogP contribution in [0.2, 0.25) is 5.02 Å². The monoisotopic (exact) mass is 262 g/mol. The molecule has 1 aliphatic rings. The van der Waals surface area contributed by atoms with Crippen molar-refractivity contribution in [1.29, 1.82) is 5.26 Å². The molecule has 1 fully saturated rings. The van der Waals surface area contributed by atoms with Gasteiger partial charge >= 0.3 is 0 Å². The summed E-state index contributed by atoms with van der Waals surface area (Å²) in [5, 5.41) is 10.1. The number of hydrogen-bond acceptors (Lipinski definition) is 2. The number of nitriles is 1. The van der Waals surface area contributed by atoms with Gasteiger partial charge in [0.1, 0.15) is 6.04 Å². The van der Waals surface area contributed by atoms with Gasteiger partial charge in [-0.15, -0.1) is 0 Å². The Labute approximate surface area is 114 Å². The zero-order chi connectivity index (χ0) is 13.0. The molecule has 0 bridgehead atoms. The van der Waals surface area contributed by atoms with Crippen LogP contribution in [-0.4, -0.2) is 18.0 Å². The lowest BCUT2D eigenvalue weighted by Gasteiger charge is -2.34. The molecule has 3 heteroatoms. The predicted octanol–water partition coefficient (Wildman–Crippen LogP) is 4.17. The van der Waals surface area contributed by atoms with Gasteiger partial charge in [-0.3, -0.25) is 4.90 Å². The fourth-order valence-electron chi connectivity index (χ4n) is 2.78. The Kier molecular flexibility index (Phi) is 4.63. The molecule has 0 saturated heterocycles. The summed E-state index contributed by atoms with van der Waals surface area (Å²) < 4.78 is 0. The van der Waals surface area contributed by atoms with Crippen LogP contribution in [0.3, 0.4) is 0 Å². The average Bonchev–Trinajstić information content (AvgIpc) is 2.42. The molecular formula is C15H19ClN2. The highest BCUT2D eigenvalue weighted by molar-refractivity contribution is 6.31. The smallest absolute Gasteiger partial charge is 0.125 e. The topological polar surface area (TPSA) is 27.0 Å². The van der Waals surface area contributed by atoms with Crippen molar-refractivity contribution in [2.45, 2.75) is 44.2 Å². The van der Waals surface area contributed by atoms with Gasteiger partial charge in [-0.1, -0.05) is 49.1 Å². The molecule has 1 unspecified atom stereocenters. The van der Waals surface area contributed by atoms with Crippen LogP contribution < -0.4 is 0 Å². The summed E-state index contributed by atoms with van der Waals surface area (Å²) in [7, 11) is 2.05. The van der Waals surface area contributed by atoms with Crippen LogP contribution in [0.4, 0.5) is 0 Å². The lowest BCUT2D eigenvalue weighted by molar-refractivity contribution is 0.164. The van der Waals surface area contributed by atoms with E-state index in [9.17, 15) is 5.26 Å². The van der Waals surface area contributed by atoms with Crippen LogP contribution in [0.1, 0.15) is 43.7 Å². The van der Waals surface area contributed by atoms with Crippen LogP contribution in [0.25, 0.3) is 0 Å². The first-order valence-corrected chi connectivity index (χ1v) is 6.98. The molecule has 96 valence electrons. The molecule has 2 rings (SSSR count). The summed E-state index contributed by atoms with van der Waals surface area (Å²) in [6.45, 7) is 0. The third-order valence-electron chi connectivity index (χ3n) is 3.88. The average molecular weight is 263 g/mol. The molecule has 0 aliphatic heterocycles. The Bertz CT molecular complexity index is 432. The van der Waals surface area contributed by atoms with Crippen LogP contribution in [0, 0.1) is 11.3 Å². The van der Waals surface area contributed by atoms with Gasteiger partial charge in [0.05, 0.1) is 6.07 Å². The maximum absolute atomic E-state index is 9.45. The lowest BCUT2D eigenvalue weighted by atomic mass is 9.92. The largest absolute Gasteiger partial charge is 0.284 e. The van der Waals surface area contributed by atoms with Gasteiger partial charge in [0.2, 0.25) is 0 Å². The van der Waals surface area contributed by atoms with E-state index in [1.54, 1.807) is 0 Å². The SMILES string of the molecule is CN(C1CCCCC1)C(C#N)c1ccccc1Cl. The minimum atomic E-state index is -0.234. The summed E-state index contributed by atoms with van der Waals surface area (Å²) in [5.74, 6) is 0. The first kappa shape index (κ1) is 13.4. The number of nitrogens with zero attached hydrogens (tertiary/aromatic N) is 2. The zero-order valence-corrected chi connectivity index (χ0v) is 11.5. The lowest BCUT2D eigenvalue weighted by Crippen LogP contribution is -2.36. The normalized spacial score (nSPS) is 18.6. The molecule has 1 atom stereocenters. The van der Waals surface area contributed by atoms with Crippen molar-refractivity contribution in [3.8, 4) is 6.07 Å². The quantitative estimate of drug-likeness (QED) is 0.818. The van der Waals surface area contributed by atoms with Crippen molar-refractivity contribution in [3.63, 3.8) is 0 Å². The van der Waals surface area contributed by atoms with E-state index in [-0.39, 0.29) is 6.04 Å². The van der Waals surface area contributed by atoms with Crippen LogP contribution in [0.15, 0.2) is 24.3 Å². The maximum atomic E-state index is 9.45. The van der Waals surface area contributed by atoms with E-state index in [1.807, 2.05) is 31.3 Å². The van der Waals surface area contributed by atoms with Gasteiger partial charge < -0.3 is 0 Å². The van der Waals surface area contributed by atoms with Crippen molar-refractivity contribution in [2.75, 3.05) is 7.05 Å². The third kappa shape index (κ3) is 2.85. The Balaban J connectivity index is 2.18.